The van der Waals surface area contributed by atoms with Gasteiger partial charge in [0.25, 0.3) is 0 Å². The summed E-state index contributed by atoms with van der Waals surface area (Å²) in [5, 5.41) is 17.8. The number of aromatic nitrogens is 1. The van der Waals surface area contributed by atoms with Crippen LogP contribution in [0.4, 0.5) is 5.82 Å². The van der Waals surface area contributed by atoms with Gasteiger partial charge in [0.2, 0.25) is 0 Å². The summed E-state index contributed by atoms with van der Waals surface area (Å²) in [7, 11) is 0. The molecule has 5 nitrogen and oxygen atoms in total. The summed E-state index contributed by atoms with van der Waals surface area (Å²) in [6.07, 6.45) is 2.14. The number of ether oxygens (including phenoxy) is 1. The molecule has 1 aliphatic rings. The van der Waals surface area contributed by atoms with Crippen molar-refractivity contribution in [1.29, 1.82) is 0 Å². The zero-order valence-corrected chi connectivity index (χ0v) is 10.5. The average Bonchev–Trinajstić information content (AvgIpc) is 2.46. The van der Waals surface area contributed by atoms with Gasteiger partial charge in [-0.15, -0.1) is 0 Å². The highest BCUT2D eigenvalue weighted by Gasteiger charge is 2.20. The van der Waals surface area contributed by atoms with Crippen LogP contribution in [0.1, 0.15) is 18.5 Å². The van der Waals surface area contributed by atoms with Crippen molar-refractivity contribution in [3.05, 3.63) is 23.9 Å². The van der Waals surface area contributed by atoms with Crippen LogP contribution in [0.5, 0.6) is 0 Å². The number of hydrogen-bond acceptors (Lipinski definition) is 5. The summed E-state index contributed by atoms with van der Waals surface area (Å²) in [4.78, 5) is 6.60. The molecule has 0 aromatic carbocycles. The van der Waals surface area contributed by atoms with E-state index < -0.39 is 0 Å². The normalized spacial score (nSPS) is 17.1. The maximum Gasteiger partial charge on any atom is 0.128 e. The quantitative estimate of drug-likeness (QED) is 0.801. The van der Waals surface area contributed by atoms with Gasteiger partial charge in [-0.2, -0.15) is 0 Å². The fourth-order valence-corrected chi connectivity index (χ4v) is 2.20. The molecule has 2 heterocycles. The molecule has 0 amide bonds. The first-order chi connectivity index (χ1) is 8.83. The third kappa shape index (κ3) is 3.41. The largest absolute Gasteiger partial charge is 0.394 e. The van der Waals surface area contributed by atoms with Crippen molar-refractivity contribution in [3.63, 3.8) is 0 Å². The molecule has 1 saturated heterocycles. The number of hydrogen-bond donors (Lipinski definition) is 2. The van der Waals surface area contributed by atoms with Crippen LogP contribution in [0, 0.1) is 0 Å². The summed E-state index contributed by atoms with van der Waals surface area (Å²) in [5.41, 5.74) is 0.700. The molecule has 0 aliphatic carbocycles. The van der Waals surface area contributed by atoms with Crippen LogP contribution in [-0.4, -0.2) is 47.6 Å². The lowest BCUT2D eigenvalue weighted by Crippen LogP contribution is -2.37. The molecule has 0 unspecified atom stereocenters. The maximum absolute atomic E-state index is 9.07. The van der Waals surface area contributed by atoms with Gasteiger partial charge in [-0.1, -0.05) is 6.07 Å². The Bertz CT molecular complexity index is 365. The molecule has 0 atom stereocenters. The van der Waals surface area contributed by atoms with E-state index in [2.05, 4.69) is 9.88 Å². The molecule has 1 aromatic rings. The minimum absolute atomic E-state index is 0.0239. The molecular formula is C13H20N2O3. The molecule has 1 aromatic heterocycles. The highest BCUT2D eigenvalue weighted by molar-refractivity contribution is 5.39. The van der Waals surface area contributed by atoms with E-state index in [1.165, 1.54) is 0 Å². The van der Waals surface area contributed by atoms with Crippen LogP contribution < -0.4 is 4.90 Å². The lowest BCUT2D eigenvalue weighted by Gasteiger charge is -2.32. The van der Waals surface area contributed by atoms with E-state index in [0.29, 0.717) is 12.3 Å². The zero-order valence-electron chi connectivity index (χ0n) is 10.5. The van der Waals surface area contributed by atoms with Gasteiger partial charge in [-0.25, -0.2) is 4.98 Å². The van der Waals surface area contributed by atoms with E-state index in [9.17, 15) is 0 Å². The van der Waals surface area contributed by atoms with Crippen molar-refractivity contribution in [2.45, 2.75) is 25.6 Å². The van der Waals surface area contributed by atoms with Crippen LogP contribution in [0.15, 0.2) is 18.2 Å². The van der Waals surface area contributed by atoms with Crippen LogP contribution >= 0.6 is 0 Å². The van der Waals surface area contributed by atoms with Gasteiger partial charge < -0.3 is 19.8 Å². The molecule has 5 heteroatoms. The Morgan fingerprint density at radius 3 is 2.72 bits per heavy atom. The summed E-state index contributed by atoms with van der Waals surface area (Å²) < 4.78 is 5.52. The fourth-order valence-electron chi connectivity index (χ4n) is 2.20. The number of pyridine rings is 1. The summed E-state index contributed by atoms with van der Waals surface area (Å²) in [6.45, 7) is 2.28. The molecule has 0 saturated carbocycles. The number of nitrogens with zero attached hydrogens (tertiary/aromatic N) is 2. The minimum Gasteiger partial charge on any atom is -0.394 e. The number of anilines is 1. The number of aliphatic hydroxyl groups excluding tert-OH is 2. The van der Waals surface area contributed by atoms with Gasteiger partial charge >= 0.3 is 0 Å². The molecule has 2 N–H and O–H groups in total. The molecule has 100 valence electrons. The Morgan fingerprint density at radius 1 is 1.28 bits per heavy atom. The predicted octanol–water partition coefficient (Wildman–Crippen LogP) is 0.552. The van der Waals surface area contributed by atoms with Gasteiger partial charge in [0, 0.05) is 13.1 Å². The number of aliphatic hydroxyl groups is 2. The van der Waals surface area contributed by atoms with Gasteiger partial charge in [-0.05, 0) is 25.0 Å². The molecular weight excluding hydrogens is 232 g/mol. The second-order valence-corrected chi connectivity index (χ2v) is 4.43. The van der Waals surface area contributed by atoms with Crippen molar-refractivity contribution in [1.82, 2.24) is 4.98 Å². The monoisotopic (exact) mass is 252 g/mol. The van der Waals surface area contributed by atoms with Gasteiger partial charge in [0.05, 0.1) is 31.6 Å². The SMILES string of the molecule is OCCOC1CCN(c2cccc(CO)n2)CC1. The first-order valence-electron chi connectivity index (χ1n) is 6.37. The molecule has 0 radical (unpaired) electrons. The predicted molar refractivity (Wildman–Crippen MR) is 68.4 cm³/mol. The van der Waals surface area contributed by atoms with Gasteiger partial charge in [0.1, 0.15) is 5.82 Å². The smallest absolute Gasteiger partial charge is 0.128 e. The van der Waals surface area contributed by atoms with Crippen LogP contribution in [-0.2, 0) is 11.3 Å². The molecule has 1 aliphatic heterocycles. The molecule has 18 heavy (non-hydrogen) atoms. The Morgan fingerprint density at radius 2 is 2.06 bits per heavy atom. The van der Waals surface area contributed by atoms with Crippen molar-refractivity contribution in [2.24, 2.45) is 0 Å². The van der Waals surface area contributed by atoms with Crippen molar-refractivity contribution < 1.29 is 14.9 Å². The first-order valence-corrected chi connectivity index (χ1v) is 6.37. The average molecular weight is 252 g/mol. The minimum atomic E-state index is -0.0239. The van der Waals surface area contributed by atoms with Gasteiger partial charge in [0.15, 0.2) is 0 Å². The first kappa shape index (κ1) is 13.3. The third-order valence-corrected chi connectivity index (χ3v) is 3.16. The second-order valence-electron chi connectivity index (χ2n) is 4.43. The summed E-state index contributed by atoms with van der Waals surface area (Å²) in [5.74, 6) is 0.919. The topological polar surface area (TPSA) is 65.8 Å². The highest BCUT2D eigenvalue weighted by Crippen LogP contribution is 2.19. The number of rotatable bonds is 5. The van der Waals surface area contributed by atoms with E-state index in [-0.39, 0.29) is 19.3 Å². The van der Waals surface area contributed by atoms with Gasteiger partial charge in [-0.3, -0.25) is 0 Å². The summed E-state index contributed by atoms with van der Waals surface area (Å²) in [6, 6.07) is 5.71. The second kappa shape index (κ2) is 6.68. The molecule has 1 fully saturated rings. The van der Waals surface area contributed by atoms with Crippen LogP contribution in [0.25, 0.3) is 0 Å². The number of piperidine rings is 1. The molecule has 2 rings (SSSR count). The lowest BCUT2D eigenvalue weighted by molar-refractivity contribution is 0.0158. The lowest BCUT2D eigenvalue weighted by atomic mass is 10.1. The van der Waals surface area contributed by atoms with E-state index in [1.54, 1.807) is 0 Å². The maximum atomic E-state index is 9.07. The van der Waals surface area contributed by atoms with E-state index in [0.717, 1.165) is 31.7 Å². The van der Waals surface area contributed by atoms with Crippen molar-refractivity contribution in [3.8, 4) is 0 Å². The van der Waals surface area contributed by atoms with E-state index in [1.807, 2.05) is 18.2 Å². The Balaban J connectivity index is 1.88. The third-order valence-electron chi connectivity index (χ3n) is 3.16. The van der Waals surface area contributed by atoms with Crippen LogP contribution in [0.2, 0.25) is 0 Å². The fraction of sp³-hybridized carbons (Fsp3) is 0.615. The highest BCUT2D eigenvalue weighted by atomic mass is 16.5. The van der Waals surface area contributed by atoms with E-state index in [4.69, 9.17) is 14.9 Å². The standard InChI is InChI=1S/C13H20N2O3/c16-8-9-18-12-4-6-15(7-5-12)13-3-1-2-11(10-17)14-13/h1-3,12,16-17H,4-10H2. The zero-order chi connectivity index (χ0) is 12.8. The summed E-state index contributed by atoms with van der Waals surface area (Å²) >= 11 is 0. The Kier molecular flexibility index (Phi) is 4.92. The van der Waals surface area contributed by atoms with Crippen molar-refractivity contribution >= 4 is 5.82 Å². The van der Waals surface area contributed by atoms with Crippen LogP contribution in [0.3, 0.4) is 0 Å². The molecule has 0 bridgehead atoms. The Hall–Kier alpha value is -1.17. The van der Waals surface area contributed by atoms with E-state index >= 15 is 0 Å². The van der Waals surface area contributed by atoms with Crippen molar-refractivity contribution in [2.75, 3.05) is 31.2 Å². The Labute approximate surface area is 107 Å². The molecule has 0 spiro atoms.